The molecule has 0 radical (unpaired) electrons. The number of ether oxygens (including phenoxy) is 1. The molecule has 1 aliphatic rings. The predicted octanol–water partition coefficient (Wildman–Crippen LogP) is 3.11. The van der Waals surface area contributed by atoms with Crippen LogP contribution in [-0.4, -0.2) is 53.0 Å². The summed E-state index contributed by atoms with van der Waals surface area (Å²) in [6.45, 7) is 1.12. The highest BCUT2D eigenvalue weighted by molar-refractivity contribution is 7.15. The molecular formula is C24H24FN5O4S. The van der Waals surface area contributed by atoms with Gasteiger partial charge < -0.3 is 20.3 Å². The fourth-order valence-electron chi connectivity index (χ4n) is 3.75. The molecule has 2 aromatic carbocycles. The van der Waals surface area contributed by atoms with Gasteiger partial charge in [-0.25, -0.2) is 4.39 Å². The van der Waals surface area contributed by atoms with Gasteiger partial charge in [-0.15, -0.1) is 10.2 Å². The molecule has 11 heteroatoms. The van der Waals surface area contributed by atoms with Crippen LogP contribution in [0.15, 0.2) is 48.5 Å². The molecule has 4 rings (SSSR count). The Labute approximate surface area is 205 Å². The van der Waals surface area contributed by atoms with Gasteiger partial charge in [0.05, 0.1) is 13.0 Å². The van der Waals surface area contributed by atoms with Crippen LogP contribution < -0.4 is 15.4 Å². The minimum absolute atomic E-state index is 0.0160. The number of rotatable bonds is 7. The third-order valence-corrected chi connectivity index (χ3v) is 6.49. The van der Waals surface area contributed by atoms with Crippen molar-refractivity contribution >= 4 is 34.7 Å². The number of carbonyl (C=O) groups is 3. The molecule has 0 spiro atoms. The maximum atomic E-state index is 13.0. The Hall–Kier alpha value is -3.86. The Kier molecular flexibility index (Phi) is 7.66. The van der Waals surface area contributed by atoms with Gasteiger partial charge in [0.1, 0.15) is 11.6 Å². The van der Waals surface area contributed by atoms with Gasteiger partial charge in [-0.2, -0.15) is 0 Å². The summed E-state index contributed by atoms with van der Waals surface area (Å²) in [6.07, 6.45) is 1.36. The van der Waals surface area contributed by atoms with Crippen molar-refractivity contribution in [3.63, 3.8) is 0 Å². The summed E-state index contributed by atoms with van der Waals surface area (Å²) in [5.41, 5.74) is 1.32. The second kappa shape index (κ2) is 11.0. The zero-order valence-electron chi connectivity index (χ0n) is 19.0. The normalized spacial score (nSPS) is 15.4. The SMILES string of the molecule is COc1cccc(CNC(=O)[C@@H]2CCCN(C(=O)c3nnc(C(=O)Nc4ccc(F)cc4)s3)C2)c1. The van der Waals surface area contributed by atoms with Crippen LogP contribution in [0.5, 0.6) is 5.75 Å². The molecule has 35 heavy (non-hydrogen) atoms. The lowest BCUT2D eigenvalue weighted by Crippen LogP contribution is -2.45. The number of halogens is 1. The van der Waals surface area contributed by atoms with E-state index in [1.807, 2.05) is 24.3 Å². The molecule has 3 aromatic rings. The molecule has 1 fully saturated rings. The van der Waals surface area contributed by atoms with Crippen LogP contribution in [0, 0.1) is 11.7 Å². The highest BCUT2D eigenvalue weighted by atomic mass is 32.1. The van der Waals surface area contributed by atoms with Crippen molar-refractivity contribution in [2.45, 2.75) is 19.4 Å². The molecule has 0 aliphatic carbocycles. The minimum atomic E-state index is -0.540. The largest absolute Gasteiger partial charge is 0.497 e. The van der Waals surface area contributed by atoms with Gasteiger partial charge in [0.2, 0.25) is 15.9 Å². The Morgan fingerprint density at radius 3 is 2.69 bits per heavy atom. The number of likely N-dealkylation sites (tertiary alicyclic amines) is 1. The average molecular weight is 498 g/mol. The summed E-state index contributed by atoms with van der Waals surface area (Å²) in [7, 11) is 1.59. The number of hydrogen-bond acceptors (Lipinski definition) is 7. The van der Waals surface area contributed by atoms with Crippen molar-refractivity contribution in [2.75, 3.05) is 25.5 Å². The number of carbonyl (C=O) groups excluding carboxylic acids is 3. The number of aromatic nitrogens is 2. The van der Waals surface area contributed by atoms with Crippen LogP contribution in [0.3, 0.4) is 0 Å². The van der Waals surface area contributed by atoms with Crippen LogP contribution in [0.25, 0.3) is 0 Å². The van der Waals surface area contributed by atoms with Crippen LogP contribution >= 0.6 is 11.3 Å². The van der Waals surface area contributed by atoms with E-state index >= 15 is 0 Å². The Bertz CT molecular complexity index is 1220. The number of anilines is 1. The summed E-state index contributed by atoms with van der Waals surface area (Å²) in [5, 5.41) is 13.3. The van der Waals surface area contributed by atoms with E-state index in [1.165, 1.54) is 24.3 Å². The monoisotopic (exact) mass is 497 g/mol. The molecule has 0 saturated carbocycles. The molecule has 2 heterocycles. The Morgan fingerprint density at radius 2 is 1.91 bits per heavy atom. The number of piperidine rings is 1. The fraction of sp³-hybridized carbons (Fsp3) is 0.292. The fourth-order valence-corrected chi connectivity index (χ4v) is 4.45. The first-order valence-electron chi connectivity index (χ1n) is 11.0. The zero-order valence-corrected chi connectivity index (χ0v) is 19.8. The highest BCUT2D eigenvalue weighted by Gasteiger charge is 2.30. The van der Waals surface area contributed by atoms with Crippen molar-refractivity contribution < 1.29 is 23.5 Å². The average Bonchev–Trinajstić information content (AvgIpc) is 3.39. The van der Waals surface area contributed by atoms with E-state index < -0.39 is 11.7 Å². The molecule has 3 amide bonds. The van der Waals surface area contributed by atoms with Crippen molar-refractivity contribution in [1.82, 2.24) is 20.4 Å². The number of methoxy groups -OCH3 is 1. The first kappa shape index (κ1) is 24.3. The third kappa shape index (κ3) is 6.18. The molecule has 9 nitrogen and oxygen atoms in total. The van der Waals surface area contributed by atoms with E-state index in [-0.39, 0.29) is 34.3 Å². The van der Waals surface area contributed by atoms with E-state index in [2.05, 4.69) is 20.8 Å². The van der Waals surface area contributed by atoms with Crippen molar-refractivity contribution in [3.05, 3.63) is 69.9 Å². The van der Waals surface area contributed by atoms with Crippen LogP contribution in [0.1, 0.15) is 38.0 Å². The molecule has 0 bridgehead atoms. The standard InChI is InChI=1S/C24H24FN5O4S/c1-34-19-6-2-4-15(12-19)13-26-20(31)16-5-3-11-30(14-16)24(33)23-29-28-22(35-23)21(32)27-18-9-7-17(25)8-10-18/h2,4,6-10,12,16H,3,5,11,13-14H2,1H3,(H,26,31)(H,27,32)/t16-/m1/s1. The van der Waals surface area contributed by atoms with Crippen LogP contribution in [-0.2, 0) is 11.3 Å². The summed E-state index contributed by atoms with van der Waals surface area (Å²) in [5.74, 6) is -1.07. The molecule has 1 saturated heterocycles. The van der Waals surface area contributed by atoms with Crippen molar-refractivity contribution in [3.8, 4) is 5.75 Å². The van der Waals surface area contributed by atoms with E-state index in [9.17, 15) is 18.8 Å². The van der Waals surface area contributed by atoms with E-state index in [0.29, 0.717) is 37.4 Å². The molecule has 1 aromatic heterocycles. The summed E-state index contributed by atoms with van der Waals surface area (Å²) in [6, 6.07) is 12.8. The van der Waals surface area contributed by atoms with Gasteiger partial charge in [-0.3, -0.25) is 14.4 Å². The highest BCUT2D eigenvalue weighted by Crippen LogP contribution is 2.21. The Morgan fingerprint density at radius 1 is 1.14 bits per heavy atom. The predicted molar refractivity (Wildman–Crippen MR) is 128 cm³/mol. The van der Waals surface area contributed by atoms with Gasteiger partial charge in [-0.1, -0.05) is 23.5 Å². The second-order valence-electron chi connectivity index (χ2n) is 8.03. The van der Waals surface area contributed by atoms with Crippen molar-refractivity contribution in [1.29, 1.82) is 0 Å². The summed E-state index contributed by atoms with van der Waals surface area (Å²) < 4.78 is 18.2. The van der Waals surface area contributed by atoms with Gasteiger partial charge in [-0.05, 0) is 54.8 Å². The minimum Gasteiger partial charge on any atom is -0.497 e. The van der Waals surface area contributed by atoms with Gasteiger partial charge in [0.25, 0.3) is 11.8 Å². The van der Waals surface area contributed by atoms with Crippen LogP contribution in [0.4, 0.5) is 10.1 Å². The van der Waals surface area contributed by atoms with Gasteiger partial charge >= 0.3 is 0 Å². The van der Waals surface area contributed by atoms with E-state index in [1.54, 1.807) is 12.0 Å². The van der Waals surface area contributed by atoms with Crippen LogP contribution in [0.2, 0.25) is 0 Å². The quantitative estimate of drug-likeness (QED) is 0.519. The molecule has 2 N–H and O–H groups in total. The number of benzene rings is 2. The summed E-state index contributed by atoms with van der Waals surface area (Å²) >= 11 is 0.874. The number of amides is 3. The maximum Gasteiger partial charge on any atom is 0.286 e. The van der Waals surface area contributed by atoms with E-state index in [0.717, 1.165) is 16.9 Å². The zero-order chi connectivity index (χ0) is 24.8. The first-order valence-corrected chi connectivity index (χ1v) is 11.8. The van der Waals surface area contributed by atoms with E-state index in [4.69, 9.17) is 4.74 Å². The number of nitrogens with zero attached hydrogens (tertiary/aromatic N) is 3. The molecule has 182 valence electrons. The van der Waals surface area contributed by atoms with Crippen molar-refractivity contribution in [2.24, 2.45) is 5.92 Å². The first-order chi connectivity index (χ1) is 16.9. The maximum absolute atomic E-state index is 13.0. The Balaban J connectivity index is 1.33. The molecular weight excluding hydrogens is 473 g/mol. The lowest BCUT2D eigenvalue weighted by molar-refractivity contribution is -0.126. The molecule has 1 atom stereocenters. The third-order valence-electron chi connectivity index (χ3n) is 5.58. The lowest BCUT2D eigenvalue weighted by atomic mass is 9.97. The second-order valence-corrected chi connectivity index (χ2v) is 9.01. The van der Waals surface area contributed by atoms with Gasteiger partial charge in [0, 0.05) is 25.3 Å². The number of nitrogens with one attached hydrogen (secondary N) is 2. The summed E-state index contributed by atoms with van der Waals surface area (Å²) in [4.78, 5) is 39.7. The molecule has 0 unspecified atom stereocenters. The molecule has 1 aliphatic heterocycles. The van der Waals surface area contributed by atoms with Gasteiger partial charge in [0.15, 0.2) is 0 Å². The lowest BCUT2D eigenvalue weighted by Gasteiger charge is -2.31. The number of hydrogen-bond donors (Lipinski definition) is 2. The smallest absolute Gasteiger partial charge is 0.286 e. The topological polar surface area (TPSA) is 114 Å².